The summed E-state index contributed by atoms with van der Waals surface area (Å²) in [5.41, 5.74) is 2.37. The Kier molecular flexibility index (Phi) is 5.02. The number of ether oxygens (including phenoxy) is 2. The lowest BCUT2D eigenvalue weighted by Gasteiger charge is -2.28. The summed E-state index contributed by atoms with van der Waals surface area (Å²) in [5.74, 6) is 2.11. The predicted octanol–water partition coefficient (Wildman–Crippen LogP) is 5.11. The molecule has 0 bridgehead atoms. The van der Waals surface area contributed by atoms with Gasteiger partial charge in [-0.25, -0.2) is 4.39 Å². The molecule has 5 rings (SSSR count). The van der Waals surface area contributed by atoms with E-state index in [-0.39, 0.29) is 12.4 Å². The van der Waals surface area contributed by atoms with Crippen LogP contribution < -0.4 is 4.74 Å². The van der Waals surface area contributed by atoms with Gasteiger partial charge in [-0.15, -0.1) is 10.2 Å². The van der Waals surface area contributed by atoms with Crippen molar-refractivity contribution in [2.24, 2.45) is 7.05 Å². The van der Waals surface area contributed by atoms with Crippen LogP contribution in [0.3, 0.4) is 0 Å². The number of halogens is 1. The van der Waals surface area contributed by atoms with Crippen LogP contribution in [0, 0.1) is 5.82 Å². The van der Waals surface area contributed by atoms with Gasteiger partial charge >= 0.3 is 0 Å². The Hall–Kier alpha value is -3.10. The van der Waals surface area contributed by atoms with Crippen molar-refractivity contribution in [1.29, 1.82) is 0 Å². The van der Waals surface area contributed by atoms with E-state index in [4.69, 9.17) is 13.9 Å². The van der Waals surface area contributed by atoms with Crippen molar-refractivity contribution in [3.05, 3.63) is 83.4 Å². The van der Waals surface area contributed by atoms with Crippen LogP contribution in [0.5, 0.6) is 5.75 Å². The van der Waals surface area contributed by atoms with Crippen molar-refractivity contribution >= 4 is 11.8 Å². The lowest BCUT2D eigenvalue weighted by molar-refractivity contribution is -0.112. The fraction of sp³-hybridized carbons (Fsp3) is 0.182. The lowest BCUT2D eigenvalue weighted by atomic mass is 10.1. The first kappa shape index (κ1) is 18.9. The molecule has 0 aliphatic carbocycles. The summed E-state index contributed by atoms with van der Waals surface area (Å²) in [5, 5.41) is 9.14. The Morgan fingerprint density at radius 2 is 2.00 bits per heavy atom. The third kappa shape index (κ3) is 3.59. The number of nitrogens with zero attached hydrogens (tertiary/aromatic N) is 3. The van der Waals surface area contributed by atoms with Gasteiger partial charge < -0.3 is 18.5 Å². The summed E-state index contributed by atoms with van der Waals surface area (Å²) in [6.07, 6.45) is 1.08. The van der Waals surface area contributed by atoms with Gasteiger partial charge in [0.25, 0.3) is 0 Å². The van der Waals surface area contributed by atoms with Crippen LogP contribution in [-0.4, -0.2) is 14.8 Å². The molecular formula is C22H18FN3O3S. The average Bonchev–Trinajstić information content (AvgIpc) is 3.42. The number of thioether (sulfide) groups is 1. The maximum Gasteiger partial charge on any atom is 0.227 e. The predicted molar refractivity (Wildman–Crippen MR) is 109 cm³/mol. The van der Waals surface area contributed by atoms with E-state index in [2.05, 4.69) is 10.2 Å². The molecule has 0 N–H and O–H groups in total. The van der Waals surface area contributed by atoms with Crippen LogP contribution in [0.15, 0.2) is 70.4 Å². The molecule has 0 fully saturated rings. The summed E-state index contributed by atoms with van der Waals surface area (Å²) in [6, 6.07) is 16.3. The largest absolute Gasteiger partial charge is 0.461 e. The van der Waals surface area contributed by atoms with E-state index in [1.807, 2.05) is 48.0 Å². The Bertz CT molecular complexity index is 1160. The Morgan fingerprint density at radius 1 is 1.13 bits per heavy atom. The highest BCUT2D eigenvalue weighted by Gasteiger charge is 2.25. The van der Waals surface area contributed by atoms with Crippen LogP contribution in [-0.2, 0) is 24.1 Å². The Morgan fingerprint density at radius 3 is 2.80 bits per heavy atom. The van der Waals surface area contributed by atoms with Crippen LogP contribution in [0.2, 0.25) is 0 Å². The minimum atomic E-state index is -0.520. The molecule has 2 aromatic heterocycles. The zero-order valence-electron chi connectivity index (χ0n) is 16.1. The zero-order valence-corrected chi connectivity index (χ0v) is 16.9. The van der Waals surface area contributed by atoms with Gasteiger partial charge in [0.2, 0.25) is 6.29 Å². The fourth-order valence-electron chi connectivity index (χ4n) is 3.36. The minimum Gasteiger partial charge on any atom is -0.461 e. The Balaban J connectivity index is 1.39. The van der Waals surface area contributed by atoms with E-state index in [0.29, 0.717) is 33.8 Å². The summed E-state index contributed by atoms with van der Waals surface area (Å²) >= 11 is 1.46. The van der Waals surface area contributed by atoms with Gasteiger partial charge in [-0.3, -0.25) is 0 Å². The van der Waals surface area contributed by atoms with Crippen LogP contribution in [0.25, 0.3) is 11.6 Å². The molecule has 0 amide bonds. The first-order valence-electron chi connectivity index (χ1n) is 9.39. The first-order valence-corrected chi connectivity index (χ1v) is 10.4. The molecule has 0 saturated heterocycles. The fourth-order valence-corrected chi connectivity index (χ4v) is 4.24. The van der Waals surface area contributed by atoms with Crippen molar-refractivity contribution in [2.75, 3.05) is 0 Å². The number of furan rings is 1. The van der Waals surface area contributed by atoms with Gasteiger partial charge in [-0.1, -0.05) is 42.1 Å². The van der Waals surface area contributed by atoms with Crippen molar-refractivity contribution < 1.29 is 18.3 Å². The molecule has 152 valence electrons. The maximum absolute atomic E-state index is 14.2. The molecule has 30 heavy (non-hydrogen) atoms. The van der Waals surface area contributed by atoms with E-state index in [1.54, 1.807) is 12.3 Å². The molecule has 6 nitrogen and oxygen atoms in total. The molecule has 0 radical (unpaired) electrons. The molecule has 8 heteroatoms. The van der Waals surface area contributed by atoms with E-state index in [1.165, 1.54) is 23.9 Å². The second-order valence-electron chi connectivity index (χ2n) is 6.86. The quantitative estimate of drug-likeness (QED) is 0.416. The molecule has 1 atom stereocenters. The number of benzene rings is 2. The van der Waals surface area contributed by atoms with Crippen molar-refractivity contribution in [1.82, 2.24) is 14.8 Å². The van der Waals surface area contributed by atoms with E-state index in [0.717, 1.165) is 11.1 Å². The van der Waals surface area contributed by atoms with E-state index >= 15 is 0 Å². The topological polar surface area (TPSA) is 62.3 Å². The molecule has 3 heterocycles. The molecule has 0 spiro atoms. The minimum absolute atomic E-state index is 0.289. The summed E-state index contributed by atoms with van der Waals surface area (Å²) in [7, 11) is 1.87. The van der Waals surface area contributed by atoms with Crippen molar-refractivity contribution in [3.63, 3.8) is 0 Å². The van der Waals surface area contributed by atoms with Gasteiger partial charge in [0.15, 0.2) is 16.7 Å². The average molecular weight is 423 g/mol. The highest BCUT2D eigenvalue weighted by molar-refractivity contribution is 7.98. The molecule has 0 saturated carbocycles. The monoisotopic (exact) mass is 423 g/mol. The Labute approximate surface area is 176 Å². The summed E-state index contributed by atoms with van der Waals surface area (Å²) < 4.78 is 33.4. The first-order chi connectivity index (χ1) is 14.7. The standard InChI is InChI=1S/C22H18FN3O3S/c1-26-20(18-8-5-9-27-18)24-25-22(26)30-13-16-11-17(23)10-15-12-28-21(29-19(15)16)14-6-3-2-4-7-14/h2-11,21H,12-13H2,1H3/t21-/m1/s1. The zero-order chi connectivity index (χ0) is 20.5. The third-order valence-corrected chi connectivity index (χ3v) is 5.90. The number of aromatic nitrogens is 3. The lowest BCUT2D eigenvalue weighted by Crippen LogP contribution is -2.19. The van der Waals surface area contributed by atoms with Crippen molar-refractivity contribution in [2.45, 2.75) is 23.8 Å². The smallest absolute Gasteiger partial charge is 0.227 e. The van der Waals surface area contributed by atoms with Gasteiger partial charge in [0.1, 0.15) is 11.6 Å². The van der Waals surface area contributed by atoms with Gasteiger partial charge in [-0.2, -0.15) is 0 Å². The highest BCUT2D eigenvalue weighted by atomic mass is 32.2. The maximum atomic E-state index is 14.2. The number of rotatable bonds is 5. The SMILES string of the molecule is Cn1c(SCc2cc(F)cc3c2O[C@H](c2ccccc2)OC3)nnc1-c1ccco1. The molecular weight excluding hydrogens is 405 g/mol. The van der Waals surface area contributed by atoms with Gasteiger partial charge in [-0.05, 0) is 24.3 Å². The highest BCUT2D eigenvalue weighted by Crippen LogP contribution is 2.39. The number of hydrogen-bond acceptors (Lipinski definition) is 6. The van der Waals surface area contributed by atoms with E-state index in [9.17, 15) is 4.39 Å². The van der Waals surface area contributed by atoms with Gasteiger partial charge in [0.05, 0.1) is 12.9 Å². The molecule has 1 aliphatic rings. The van der Waals surface area contributed by atoms with Crippen LogP contribution in [0.1, 0.15) is 23.0 Å². The normalized spacial score (nSPS) is 15.6. The second-order valence-corrected chi connectivity index (χ2v) is 7.80. The third-order valence-electron chi connectivity index (χ3n) is 4.83. The second kappa shape index (κ2) is 7.97. The van der Waals surface area contributed by atoms with Crippen LogP contribution >= 0.6 is 11.8 Å². The molecule has 1 aliphatic heterocycles. The van der Waals surface area contributed by atoms with Crippen molar-refractivity contribution in [3.8, 4) is 17.3 Å². The molecule has 4 aromatic rings. The summed E-state index contributed by atoms with van der Waals surface area (Å²) in [6.45, 7) is 0.289. The number of hydrogen-bond donors (Lipinski definition) is 0. The van der Waals surface area contributed by atoms with Gasteiger partial charge in [0, 0.05) is 29.5 Å². The molecule has 2 aromatic carbocycles. The molecule has 0 unspecified atom stereocenters. The van der Waals surface area contributed by atoms with Crippen LogP contribution in [0.4, 0.5) is 4.39 Å². The summed E-state index contributed by atoms with van der Waals surface area (Å²) in [4.78, 5) is 0. The number of fused-ring (bicyclic) bond motifs is 1. The van der Waals surface area contributed by atoms with E-state index < -0.39 is 6.29 Å².